The smallest absolute Gasteiger partial charge is 0.335 e. The van der Waals surface area contributed by atoms with Crippen molar-refractivity contribution >= 4 is 11.9 Å². The number of carbonyl (C=O) groups is 2. The summed E-state index contributed by atoms with van der Waals surface area (Å²) >= 11 is 0. The van der Waals surface area contributed by atoms with Gasteiger partial charge in [0, 0.05) is 32.7 Å². The van der Waals surface area contributed by atoms with Crippen molar-refractivity contribution in [3.8, 4) is 0 Å². The summed E-state index contributed by atoms with van der Waals surface area (Å²) in [6.45, 7) is 4.46. The number of hydrogen-bond donors (Lipinski definition) is 3. The summed E-state index contributed by atoms with van der Waals surface area (Å²) in [4.78, 5) is 25.0. The number of carboxylic acids is 1. The Labute approximate surface area is 124 Å². The zero-order chi connectivity index (χ0) is 15.1. The number of piperazine rings is 1. The number of aromatic carboxylic acids is 1. The molecule has 2 rings (SSSR count). The zero-order valence-corrected chi connectivity index (χ0v) is 12.0. The summed E-state index contributed by atoms with van der Waals surface area (Å²) in [5.74, 6) is -0.942. The molecule has 1 aliphatic heterocycles. The van der Waals surface area contributed by atoms with Gasteiger partial charge in [-0.1, -0.05) is 18.2 Å². The van der Waals surface area contributed by atoms with Crippen LogP contribution in [0.1, 0.15) is 15.9 Å². The Balaban J connectivity index is 1.76. The number of carbonyl (C=O) groups excluding carboxylic acids is 1. The van der Waals surface area contributed by atoms with E-state index in [4.69, 9.17) is 5.11 Å². The fraction of sp³-hybridized carbons (Fsp3) is 0.467. The maximum Gasteiger partial charge on any atom is 0.335 e. The summed E-state index contributed by atoms with van der Waals surface area (Å²) in [7, 11) is 0. The molecule has 21 heavy (non-hydrogen) atoms. The van der Waals surface area contributed by atoms with Crippen LogP contribution in [-0.4, -0.2) is 61.2 Å². The molecule has 0 radical (unpaired) electrons. The molecule has 1 aliphatic rings. The SMILES string of the molecule is O=C(CN1CCNCC1)NCCc1ccccc1C(=O)O. The van der Waals surface area contributed by atoms with E-state index in [2.05, 4.69) is 15.5 Å². The van der Waals surface area contributed by atoms with Gasteiger partial charge in [-0.25, -0.2) is 4.79 Å². The number of amides is 1. The lowest BCUT2D eigenvalue weighted by molar-refractivity contribution is -0.122. The van der Waals surface area contributed by atoms with Gasteiger partial charge >= 0.3 is 5.97 Å². The molecule has 0 spiro atoms. The van der Waals surface area contributed by atoms with Gasteiger partial charge in [-0.15, -0.1) is 0 Å². The first-order valence-electron chi connectivity index (χ1n) is 7.18. The average Bonchev–Trinajstić information content (AvgIpc) is 2.48. The Morgan fingerprint density at radius 3 is 2.67 bits per heavy atom. The fourth-order valence-corrected chi connectivity index (χ4v) is 2.41. The summed E-state index contributed by atoms with van der Waals surface area (Å²) < 4.78 is 0. The molecule has 1 heterocycles. The normalized spacial score (nSPS) is 15.6. The second kappa shape index (κ2) is 7.75. The molecule has 114 valence electrons. The van der Waals surface area contributed by atoms with Crippen molar-refractivity contribution in [3.63, 3.8) is 0 Å². The van der Waals surface area contributed by atoms with Gasteiger partial charge in [-0.3, -0.25) is 9.69 Å². The first-order valence-corrected chi connectivity index (χ1v) is 7.18. The van der Waals surface area contributed by atoms with E-state index in [-0.39, 0.29) is 5.91 Å². The number of nitrogens with zero attached hydrogens (tertiary/aromatic N) is 1. The van der Waals surface area contributed by atoms with E-state index in [1.165, 1.54) is 0 Å². The Kier molecular flexibility index (Phi) is 5.71. The molecular weight excluding hydrogens is 270 g/mol. The highest BCUT2D eigenvalue weighted by Gasteiger charge is 2.13. The molecule has 0 unspecified atom stereocenters. The van der Waals surface area contributed by atoms with Gasteiger partial charge < -0.3 is 15.7 Å². The van der Waals surface area contributed by atoms with E-state index in [0.29, 0.717) is 25.1 Å². The van der Waals surface area contributed by atoms with Crippen LogP contribution in [0.25, 0.3) is 0 Å². The highest BCUT2D eigenvalue weighted by atomic mass is 16.4. The van der Waals surface area contributed by atoms with E-state index in [0.717, 1.165) is 31.7 Å². The minimum Gasteiger partial charge on any atom is -0.478 e. The summed E-state index contributed by atoms with van der Waals surface area (Å²) in [6.07, 6.45) is 0.524. The first-order chi connectivity index (χ1) is 10.2. The van der Waals surface area contributed by atoms with Crippen molar-refractivity contribution in [2.24, 2.45) is 0 Å². The highest BCUT2D eigenvalue weighted by molar-refractivity contribution is 5.89. The van der Waals surface area contributed by atoms with Crippen molar-refractivity contribution < 1.29 is 14.7 Å². The summed E-state index contributed by atoms with van der Waals surface area (Å²) in [5.41, 5.74) is 1.04. The van der Waals surface area contributed by atoms with Gasteiger partial charge in [0.15, 0.2) is 0 Å². The van der Waals surface area contributed by atoms with Gasteiger partial charge in [0.05, 0.1) is 12.1 Å². The lowest BCUT2D eigenvalue weighted by Gasteiger charge is -2.26. The van der Waals surface area contributed by atoms with Crippen LogP contribution in [-0.2, 0) is 11.2 Å². The van der Waals surface area contributed by atoms with Crippen molar-refractivity contribution in [2.45, 2.75) is 6.42 Å². The molecule has 0 aliphatic carbocycles. The zero-order valence-electron chi connectivity index (χ0n) is 12.0. The van der Waals surface area contributed by atoms with E-state index in [9.17, 15) is 9.59 Å². The van der Waals surface area contributed by atoms with Crippen LogP contribution in [0.15, 0.2) is 24.3 Å². The van der Waals surface area contributed by atoms with Crippen LogP contribution in [0.5, 0.6) is 0 Å². The minimum atomic E-state index is -0.933. The lowest BCUT2D eigenvalue weighted by Crippen LogP contribution is -2.47. The van der Waals surface area contributed by atoms with Crippen molar-refractivity contribution in [1.82, 2.24) is 15.5 Å². The third kappa shape index (κ3) is 4.84. The molecular formula is C15H21N3O3. The standard InChI is InChI=1S/C15H21N3O3/c19-14(11-18-9-7-16-8-10-18)17-6-5-12-3-1-2-4-13(12)15(20)21/h1-4,16H,5-11H2,(H,17,19)(H,20,21). The van der Waals surface area contributed by atoms with Gasteiger partial charge in [-0.2, -0.15) is 0 Å². The molecule has 1 aromatic rings. The topological polar surface area (TPSA) is 81.7 Å². The van der Waals surface area contributed by atoms with E-state index < -0.39 is 5.97 Å². The highest BCUT2D eigenvalue weighted by Crippen LogP contribution is 2.08. The second-order valence-electron chi connectivity index (χ2n) is 5.09. The van der Waals surface area contributed by atoms with Gasteiger partial charge in [0.2, 0.25) is 5.91 Å². The van der Waals surface area contributed by atoms with Crippen molar-refractivity contribution in [3.05, 3.63) is 35.4 Å². The van der Waals surface area contributed by atoms with Crippen LogP contribution in [0.2, 0.25) is 0 Å². The average molecular weight is 291 g/mol. The molecule has 0 aromatic heterocycles. The molecule has 3 N–H and O–H groups in total. The Morgan fingerprint density at radius 2 is 1.95 bits per heavy atom. The molecule has 0 saturated carbocycles. The summed E-state index contributed by atoms with van der Waals surface area (Å²) in [5, 5.41) is 15.2. The quantitative estimate of drug-likeness (QED) is 0.684. The number of benzene rings is 1. The van der Waals surface area contributed by atoms with Crippen LogP contribution in [0.4, 0.5) is 0 Å². The summed E-state index contributed by atoms with van der Waals surface area (Å²) in [6, 6.07) is 6.88. The molecule has 0 atom stereocenters. The first kappa shape index (κ1) is 15.5. The van der Waals surface area contributed by atoms with E-state index in [1.54, 1.807) is 18.2 Å². The minimum absolute atomic E-state index is 0.00953. The predicted octanol–water partition coefficient (Wildman–Crippen LogP) is -0.0513. The third-order valence-electron chi connectivity index (χ3n) is 3.54. The molecule has 6 heteroatoms. The van der Waals surface area contributed by atoms with E-state index >= 15 is 0 Å². The maximum absolute atomic E-state index is 11.8. The van der Waals surface area contributed by atoms with Gasteiger partial charge in [0.25, 0.3) is 0 Å². The number of rotatable bonds is 6. The largest absolute Gasteiger partial charge is 0.478 e. The molecule has 1 fully saturated rings. The van der Waals surface area contributed by atoms with Crippen LogP contribution < -0.4 is 10.6 Å². The molecule has 6 nitrogen and oxygen atoms in total. The van der Waals surface area contributed by atoms with E-state index in [1.807, 2.05) is 6.07 Å². The maximum atomic E-state index is 11.8. The Morgan fingerprint density at radius 1 is 1.24 bits per heavy atom. The predicted molar refractivity (Wildman–Crippen MR) is 79.4 cm³/mol. The number of hydrogen-bond acceptors (Lipinski definition) is 4. The number of nitrogens with one attached hydrogen (secondary N) is 2. The molecule has 1 amide bonds. The van der Waals surface area contributed by atoms with Gasteiger partial charge in [0.1, 0.15) is 0 Å². The lowest BCUT2D eigenvalue weighted by atomic mass is 10.0. The Bertz CT molecular complexity index is 499. The molecule has 0 bridgehead atoms. The third-order valence-corrected chi connectivity index (χ3v) is 3.54. The van der Waals surface area contributed by atoms with Crippen LogP contribution >= 0.6 is 0 Å². The molecule has 1 saturated heterocycles. The van der Waals surface area contributed by atoms with Crippen molar-refractivity contribution in [2.75, 3.05) is 39.3 Å². The van der Waals surface area contributed by atoms with Crippen LogP contribution in [0.3, 0.4) is 0 Å². The Hall–Kier alpha value is -1.92. The second-order valence-corrected chi connectivity index (χ2v) is 5.09. The number of carboxylic acid groups (broad SMARTS) is 1. The fourth-order valence-electron chi connectivity index (χ4n) is 2.41. The molecule has 1 aromatic carbocycles. The van der Waals surface area contributed by atoms with Gasteiger partial charge in [-0.05, 0) is 18.1 Å². The van der Waals surface area contributed by atoms with Crippen molar-refractivity contribution in [1.29, 1.82) is 0 Å². The monoisotopic (exact) mass is 291 g/mol. The van der Waals surface area contributed by atoms with Crippen LogP contribution in [0, 0.1) is 0 Å².